The van der Waals surface area contributed by atoms with Gasteiger partial charge < -0.3 is 5.32 Å². The molecule has 0 amide bonds. The zero-order valence-electron chi connectivity index (χ0n) is 7.58. The molecular formula is C7H16N2O2S. The maximum absolute atomic E-state index is 11.0. The molecule has 1 heterocycles. The number of nitrogens with zero attached hydrogens (tertiary/aromatic N) is 1. The monoisotopic (exact) mass is 192 g/mol. The van der Waals surface area contributed by atoms with E-state index in [-0.39, 0.29) is 0 Å². The van der Waals surface area contributed by atoms with Gasteiger partial charge in [-0.2, -0.15) is 0 Å². The Morgan fingerprint density at radius 2 is 2.25 bits per heavy atom. The fourth-order valence-electron chi connectivity index (χ4n) is 1.37. The lowest BCUT2D eigenvalue weighted by molar-refractivity contribution is 0.402. The molecule has 0 aromatic carbocycles. The van der Waals surface area contributed by atoms with Crippen molar-refractivity contribution in [3.8, 4) is 0 Å². The van der Waals surface area contributed by atoms with Gasteiger partial charge in [-0.1, -0.05) is 0 Å². The van der Waals surface area contributed by atoms with E-state index < -0.39 is 10.0 Å². The molecule has 0 saturated carbocycles. The molecule has 0 aromatic heterocycles. The summed E-state index contributed by atoms with van der Waals surface area (Å²) in [7, 11) is -1.35. The van der Waals surface area contributed by atoms with E-state index in [0.717, 1.165) is 19.5 Å². The highest BCUT2D eigenvalue weighted by atomic mass is 32.2. The summed E-state index contributed by atoms with van der Waals surface area (Å²) < 4.78 is 23.5. The van der Waals surface area contributed by atoms with E-state index in [1.165, 1.54) is 10.6 Å². The Labute approximate surface area is 74.0 Å². The minimum Gasteiger partial charge on any atom is -0.316 e. The molecule has 0 aliphatic carbocycles. The van der Waals surface area contributed by atoms with Gasteiger partial charge in [0, 0.05) is 13.6 Å². The van der Waals surface area contributed by atoms with Crippen LogP contribution < -0.4 is 5.32 Å². The van der Waals surface area contributed by atoms with Crippen LogP contribution in [0.3, 0.4) is 0 Å². The highest BCUT2D eigenvalue weighted by Crippen LogP contribution is 2.09. The van der Waals surface area contributed by atoms with Crippen molar-refractivity contribution in [2.75, 3.05) is 32.9 Å². The van der Waals surface area contributed by atoms with Crippen molar-refractivity contribution in [3.63, 3.8) is 0 Å². The molecule has 1 fully saturated rings. The minimum absolute atomic E-state index is 0.490. The van der Waals surface area contributed by atoms with Gasteiger partial charge in [0.05, 0.1) is 6.26 Å². The molecule has 5 heteroatoms. The van der Waals surface area contributed by atoms with Gasteiger partial charge in [-0.15, -0.1) is 0 Å². The van der Waals surface area contributed by atoms with Gasteiger partial charge in [0.1, 0.15) is 0 Å². The normalized spacial score (nSPS) is 25.1. The lowest BCUT2D eigenvalue weighted by Crippen LogP contribution is -2.31. The van der Waals surface area contributed by atoms with Crippen molar-refractivity contribution in [2.24, 2.45) is 5.92 Å². The Morgan fingerprint density at radius 3 is 2.67 bits per heavy atom. The molecule has 0 spiro atoms. The predicted octanol–water partition coefficient (Wildman–Crippen LogP) is -0.513. The zero-order chi connectivity index (χ0) is 9.19. The summed E-state index contributed by atoms with van der Waals surface area (Å²) in [4.78, 5) is 0. The molecule has 1 aliphatic heterocycles. The summed E-state index contributed by atoms with van der Waals surface area (Å²) in [6, 6.07) is 0. The molecule has 1 saturated heterocycles. The zero-order valence-corrected chi connectivity index (χ0v) is 8.39. The molecule has 12 heavy (non-hydrogen) atoms. The lowest BCUT2D eigenvalue weighted by Gasteiger charge is -2.17. The van der Waals surface area contributed by atoms with Gasteiger partial charge in [0.2, 0.25) is 10.0 Å². The molecule has 0 aromatic rings. The second kappa shape index (κ2) is 3.72. The molecule has 1 atom stereocenters. The first-order valence-electron chi connectivity index (χ1n) is 4.12. The molecule has 0 bridgehead atoms. The third-order valence-corrected chi connectivity index (χ3v) is 3.53. The highest BCUT2D eigenvalue weighted by Gasteiger charge is 2.20. The Morgan fingerprint density at radius 1 is 1.58 bits per heavy atom. The topological polar surface area (TPSA) is 49.4 Å². The van der Waals surface area contributed by atoms with E-state index in [1.54, 1.807) is 7.05 Å². The van der Waals surface area contributed by atoms with E-state index >= 15 is 0 Å². The summed E-state index contributed by atoms with van der Waals surface area (Å²) in [5.74, 6) is 0.490. The van der Waals surface area contributed by atoms with E-state index in [9.17, 15) is 8.42 Å². The summed E-state index contributed by atoms with van der Waals surface area (Å²) in [6.07, 6.45) is 2.33. The number of hydrogen-bond acceptors (Lipinski definition) is 3. The Hall–Kier alpha value is -0.130. The molecule has 4 nitrogen and oxygen atoms in total. The first kappa shape index (κ1) is 9.95. The number of hydrogen-bond donors (Lipinski definition) is 1. The standard InChI is InChI=1S/C7H16N2O2S/c1-9(12(2,10)11)6-7-3-4-8-5-7/h7-8H,3-6H2,1-2H3. The third-order valence-electron chi connectivity index (χ3n) is 2.24. The van der Waals surface area contributed by atoms with E-state index in [2.05, 4.69) is 5.32 Å². The minimum atomic E-state index is -2.98. The van der Waals surface area contributed by atoms with Gasteiger partial charge in [0.15, 0.2) is 0 Å². The van der Waals surface area contributed by atoms with Crippen molar-refractivity contribution < 1.29 is 8.42 Å². The van der Waals surface area contributed by atoms with E-state index in [0.29, 0.717) is 12.5 Å². The van der Waals surface area contributed by atoms with Crippen LogP contribution >= 0.6 is 0 Å². The first-order valence-corrected chi connectivity index (χ1v) is 5.97. The second-order valence-electron chi connectivity index (χ2n) is 3.40. The molecule has 1 N–H and O–H groups in total. The smallest absolute Gasteiger partial charge is 0.210 e. The average molecular weight is 192 g/mol. The van der Waals surface area contributed by atoms with Crippen LogP contribution in [0.15, 0.2) is 0 Å². The number of sulfonamides is 1. The van der Waals surface area contributed by atoms with Crippen LogP contribution in [0.4, 0.5) is 0 Å². The molecule has 1 aliphatic rings. The molecule has 1 unspecified atom stereocenters. The first-order chi connectivity index (χ1) is 5.50. The van der Waals surface area contributed by atoms with Crippen LogP contribution in [0.1, 0.15) is 6.42 Å². The largest absolute Gasteiger partial charge is 0.316 e. The number of nitrogens with one attached hydrogen (secondary N) is 1. The predicted molar refractivity (Wildman–Crippen MR) is 48.5 cm³/mol. The lowest BCUT2D eigenvalue weighted by atomic mass is 10.1. The SMILES string of the molecule is CN(CC1CCNC1)S(C)(=O)=O. The van der Waals surface area contributed by atoms with Crippen LogP contribution in [0.2, 0.25) is 0 Å². The molecule has 1 rings (SSSR count). The fraction of sp³-hybridized carbons (Fsp3) is 1.00. The van der Waals surface area contributed by atoms with Crippen LogP contribution in [-0.2, 0) is 10.0 Å². The van der Waals surface area contributed by atoms with E-state index in [1.807, 2.05) is 0 Å². The molecular weight excluding hydrogens is 176 g/mol. The van der Waals surface area contributed by atoms with Gasteiger partial charge in [-0.05, 0) is 25.4 Å². The summed E-state index contributed by atoms with van der Waals surface area (Å²) in [5.41, 5.74) is 0. The van der Waals surface area contributed by atoms with Crippen molar-refractivity contribution in [1.82, 2.24) is 9.62 Å². The molecule has 72 valence electrons. The van der Waals surface area contributed by atoms with Crippen LogP contribution in [-0.4, -0.2) is 45.7 Å². The Bertz CT molecular complexity index is 232. The van der Waals surface area contributed by atoms with Gasteiger partial charge in [0.25, 0.3) is 0 Å². The van der Waals surface area contributed by atoms with E-state index in [4.69, 9.17) is 0 Å². The van der Waals surface area contributed by atoms with Crippen LogP contribution in [0, 0.1) is 5.92 Å². The summed E-state index contributed by atoms with van der Waals surface area (Å²) >= 11 is 0. The van der Waals surface area contributed by atoms with Gasteiger partial charge in [-0.3, -0.25) is 0 Å². The Balaban J connectivity index is 2.40. The maximum Gasteiger partial charge on any atom is 0.210 e. The summed E-state index contributed by atoms with van der Waals surface area (Å²) in [6.45, 7) is 2.61. The molecule has 0 radical (unpaired) electrons. The van der Waals surface area contributed by atoms with Gasteiger partial charge >= 0.3 is 0 Å². The highest BCUT2D eigenvalue weighted by molar-refractivity contribution is 7.88. The third kappa shape index (κ3) is 2.73. The Kier molecular flexibility index (Phi) is 3.09. The fourth-order valence-corrected chi connectivity index (χ4v) is 1.85. The van der Waals surface area contributed by atoms with Crippen LogP contribution in [0.25, 0.3) is 0 Å². The van der Waals surface area contributed by atoms with Crippen molar-refractivity contribution in [1.29, 1.82) is 0 Å². The second-order valence-corrected chi connectivity index (χ2v) is 5.49. The van der Waals surface area contributed by atoms with Crippen LogP contribution in [0.5, 0.6) is 0 Å². The number of rotatable bonds is 3. The van der Waals surface area contributed by atoms with Crippen molar-refractivity contribution in [2.45, 2.75) is 6.42 Å². The summed E-state index contributed by atoms with van der Waals surface area (Å²) in [5, 5.41) is 3.21. The average Bonchev–Trinajstić information content (AvgIpc) is 2.37. The van der Waals surface area contributed by atoms with Gasteiger partial charge in [-0.25, -0.2) is 12.7 Å². The van der Waals surface area contributed by atoms with Crippen molar-refractivity contribution >= 4 is 10.0 Å². The quantitative estimate of drug-likeness (QED) is 0.655. The maximum atomic E-state index is 11.0. The van der Waals surface area contributed by atoms with Crippen molar-refractivity contribution in [3.05, 3.63) is 0 Å².